The normalized spacial score (nSPS) is 29.7. The number of carbonyl (C=O) groups excluding carboxylic acids is 2. The van der Waals surface area contributed by atoms with Gasteiger partial charge < -0.3 is 10.0 Å². The van der Waals surface area contributed by atoms with E-state index in [9.17, 15) is 14.7 Å². The lowest BCUT2D eigenvalue weighted by Crippen LogP contribution is -2.21. The molecule has 4 atom stereocenters. The Morgan fingerprint density at radius 3 is 2.74 bits per heavy atom. The summed E-state index contributed by atoms with van der Waals surface area (Å²) in [5.74, 6) is 1.23. The molecule has 0 spiro atoms. The molecule has 2 aliphatic rings. The summed E-state index contributed by atoms with van der Waals surface area (Å²) in [6, 6.07) is 0. The summed E-state index contributed by atoms with van der Waals surface area (Å²) >= 11 is 0. The lowest BCUT2D eigenvalue weighted by Gasteiger charge is -2.18. The minimum Gasteiger partial charge on any atom is -0.392 e. The Labute approximate surface area is 139 Å². The van der Waals surface area contributed by atoms with Crippen molar-refractivity contribution in [2.45, 2.75) is 51.6 Å². The Morgan fingerprint density at radius 2 is 2.09 bits per heavy atom. The number of aliphatic hydroxyl groups excluding tert-OH is 1. The van der Waals surface area contributed by atoms with Gasteiger partial charge in [0.1, 0.15) is 0 Å². The lowest BCUT2D eigenvalue weighted by atomic mass is 9.88. The zero-order chi connectivity index (χ0) is 17.0. The van der Waals surface area contributed by atoms with Crippen LogP contribution in [0, 0.1) is 17.8 Å². The Bertz CT molecular complexity index is 507. The average Bonchev–Trinajstić information content (AvgIpc) is 2.97. The number of nitrogens with zero attached hydrogens (tertiary/aromatic N) is 1. The van der Waals surface area contributed by atoms with Gasteiger partial charge in [-0.3, -0.25) is 9.59 Å². The monoisotopic (exact) mass is 319 g/mol. The molecule has 2 rings (SSSR count). The first-order valence-electron chi connectivity index (χ1n) is 8.65. The van der Waals surface area contributed by atoms with Crippen LogP contribution in [0.25, 0.3) is 0 Å². The van der Waals surface area contributed by atoms with Crippen LogP contribution in [0.3, 0.4) is 0 Å². The molecule has 4 heteroatoms. The third kappa shape index (κ3) is 4.77. The quantitative estimate of drug-likeness (QED) is 0.446. The number of hydrogen-bond donors (Lipinski definition) is 1. The zero-order valence-corrected chi connectivity index (χ0v) is 14.5. The average molecular weight is 319 g/mol. The molecule has 1 amide bonds. The second kappa shape index (κ2) is 7.91. The van der Waals surface area contributed by atoms with Gasteiger partial charge in [0.25, 0.3) is 0 Å². The summed E-state index contributed by atoms with van der Waals surface area (Å²) in [4.78, 5) is 24.3. The fourth-order valence-corrected chi connectivity index (χ4v) is 3.89. The van der Waals surface area contributed by atoms with Gasteiger partial charge in [0.05, 0.1) is 6.10 Å². The molecule has 0 unspecified atom stereocenters. The molecule has 1 fully saturated rings. The van der Waals surface area contributed by atoms with E-state index in [1.54, 1.807) is 32.0 Å². The smallest absolute Gasteiger partial charge is 0.222 e. The highest BCUT2D eigenvalue weighted by Crippen LogP contribution is 2.48. The highest BCUT2D eigenvalue weighted by atomic mass is 16.3. The van der Waals surface area contributed by atoms with E-state index in [2.05, 4.69) is 6.08 Å². The van der Waals surface area contributed by atoms with Gasteiger partial charge in [0.15, 0.2) is 5.78 Å². The van der Waals surface area contributed by atoms with Crippen molar-refractivity contribution in [1.29, 1.82) is 0 Å². The summed E-state index contributed by atoms with van der Waals surface area (Å²) in [7, 11) is 3.59. The van der Waals surface area contributed by atoms with E-state index >= 15 is 0 Å². The maximum Gasteiger partial charge on any atom is 0.222 e. The molecular formula is C19H29NO3. The van der Waals surface area contributed by atoms with Gasteiger partial charge in [-0.25, -0.2) is 0 Å². The SMILES string of the molecule is CC(=O)/C=C/[C@@H]1[C@H]2CC(CCCCC(=O)N(C)C)=C[C@H]2C[C@H]1O. The number of fused-ring (bicyclic) bond motifs is 1. The number of ketones is 1. The standard InChI is InChI=1S/C19H29NO3/c1-13(21)8-9-16-17-11-14(10-15(17)12-18(16)22)6-4-5-7-19(23)20(2)3/h8-10,15-18,22H,4-7,11-12H2,1-3H3/b9-8+/t15-,16+,17-,18+/m0/s1. The van der Waals surface area contributed by atoms with Crippen molar-refractivity contribution in [2.75, 3.05) is 14.1 Å². The van der Waals surface area contributed by atoms with Crippen molar-refractivity contribution in [2.24, 2.45) is 17.8 Å². The van der Waals surface area contributed by atoms with E-state index in [0.29, 0.717) is 18.3 Å². The topological polar surface area (TPSA) is 57.6 Å². The largest absolute Gasteiger partial charge is 0.392 e. The van der Waals surface area contributed by atoms with E-state index in [1.807, 2.05) is 6.08 Å². The van der Waals surface area contributed by atoms with Crippen molar-refractivity contribution in [3.8, 4) is 0 Å². The molecule has 0 saturated heterocycles. The molecule has 1 N–H and O–H groups in total. The predicted molar refractivity (Wildman–Crippen MR) is 90.8 cm³/mol. The van der Waals surface area contributed by atoms with Gasteiger partial charge in [0.2, 0.25) is 5.91 Å². The first kappa shape index (κ1) is 17.9. The van der Waals surface area contributed by atoms with Gasteiger partial charge >= 0.3 is 0 Å². The van der Waals surface area contributed by atoms with Crippen LogP contribution in [0.2, 0.25) is 0 Å². The molecule has 0 heterocycles. The molecule has 0 bridgehead atoms. The van der Waals surface area contributed by atoms with Crippen LogP contribution in [-0.2, 0) is 9.59 Å². The molecule has 0 aromatic rings. The number of rotatable bonds is 7. The van der Waals surface area contributed by atoms with Gasteiger partial charge in [-0.1, -0.05) is 17.7 Å². The van der Waals surface area contributed by atoms with Crippen molar-refractivity contribution >= 4 is 11.7 Å². The fourth-order valence-electron chi connectivity index (χ4n) is 3.89. The zero-order valence-electron chi connectivity index (χ0n) is 14.5. The van der Waals surface area contributed by atoms with Crippen molar-refractivity contribution in [1.82, 2.24) is 4.90 Å². The Balaban J connectivity index is 1.79. The summed E-state index contributed by atoms with van der Waals surface area (Å²) in [5.41, 5.74) is 1.46. The number of unbranched alkanes of at least 4 members (excludes halogenated alkanes) is 1. The van der Waals surface area contributed by atoms with Gasteiger partial charge in [-0.2, -0.15) is 0 Å². The van der Waals surface area contributed by atoms with Gasteiger partial charge in [-0.05, 0) is 56.9 Å². The number of aliphatic hydroxyl groups is 1. The highest BCUT2D eigenvalue weighted by Gasteiger charge is 2.43. The molecule has 0 aromatic carbocycles. The second-order valence-corrected chi connectivity index (χ2v) is 7.20. The van der Waals surface area contributed by atoms with Crippen LogP contribution in [-0.4, -0.2) is 41.9 Å². The first-order valence-corrected chi connectivity index (χ1v) is 8.65. The third-order valence-corrected chi connectivity index (χ3v) is 5.14. The fraction of sp³-hybridized carbons (Fsp3) is 0.684. The molecule has 0 radical (unpaired) electrons. The van der Waals surface area contributed by atoms with Crippen molar-refractivity contribution in [3.63, 3.8) is 0 Å². The molecule has 0 aliphatic heterocycles. The third-order valence-electron chi connectivity index (χ3n) is 5.14. The number of carbonyl (C=O) groups is 2. The Morgan fingerprint density at radius 1 is 1.35 bits per heavy atom. The van der Waals surface area contributed by atoms with Crippen LogP contribution in [0.15, 0.2) is 23.8 Å². The van der Waals surface area contributed by atoms with Crippen LogP contribution in [0.5, 0.6) is 0 Å². The van der Waals surface area contributed by atoms with E-state index in [-0.39, 0.29) is 23.7 Å². The Kier molecular flexibility index (Phi) is 6.17. The summed E-state index contributed by atoms with van der Waals surface area (Å²) in [6.07, 6.45) is 11.0. The van der Waals surface area contributed by atoms with E-state index in [0.717, 1.165) is 32.1 Å². The van der Waals surface area contributed by atoms with E-state index < -0.39 is 0 Å². The maximum atomic E-state index is 11.6. The van der Waals surface area contributed by atoms with Gasteiger partial charge in [0, 0.05) is 26.4 Å². The van der Waals surface area contributed by atoms with Crippen molar-refractivity contribution < 1.29 is 14.7 Å². The molecule has 0 aromatic heterocycles. The summed E-state index contributed by atoms with van der Waals surface area (Å²) in [6.45, 7) is 1.54. The maximum absolute atomic E-state index is 11.6. The molecule has 128 valence electrons. The van der Waals surface area contributed by atoms with Gasteiger partial charge in [-0.15, -0.1) is 0 Å². The molecule has 23 heavy (non-hydrogen) atoms. The van der Waals surface area contributed by atoms with Crippen LogP contribution in [0.4, 0.5) is 0 Å². The van der Waals surface area contributed by atoms with Crippen LogP contribution in [0.1, 0.15) is 45.4 Å². The van der Waals surface area contributed by atoms with Crippen LogP contribution >= 0.6 is 0 Å². The minimum atomic E-state index is -0.323. The number of allylic oxidation sites excluding steroid dienone is 3. The summed E-state index contributed by atoms with van der Waals surface area (Å²) < 4.78 is 0. The first-order chi connectivity index (χ1) is 10.9. The summed E-state index contributed by atoms with van der Waals surface area (Å²) in [5, 5.41) is 10.2. The Hall–Kier alpha value is -1.42. The molecule has 2 aliphatic carbocycles. The molecule has 4 nitrogen and oxygen atoms in total. The van der Waals surface area contributed by atoms with E-state index in [4.69, 9.17) is 0 Å². The number of amides is 1. The predicted octanol–water partition coefficient (Wildman–Crippen LogP) is 2.72. The second-order valence-electron chi connectivity index (χ2n) is 7.20. The van der Waals surface area contributed by atoms with Crippen LogP contribution < -0.4 is 0 Å². The molecular weight excluding hydrogens is 290 g/mol. The van der Waals surface area contributed by atoms with E-state index in [1.165, 1.54) is 5.57 Å². The molecule has 1 saturated carbocycles. The number of hydrogen-bond acceptors (Lipinski definition) is 3. The van der Waals surface area contributed by atoms with Crippen molar-refractivity contribution in [3.05, 3.63) is 23.8 Å². The lowest BCUT2D eigenvalue weighted by molar-refractivity contribution is -0.128. The minimum absolute atomic E-state index is 0.0392. The highest BCUT2D eigenvalue weighted by molar-refractivity contribution is 5.87.